The number of H-pyrrole nitrogens is 1. The third kappa shape index (κ3) is 3.41. The molecule has 1 saturated carbocycles. The van der Waals surface area contributed by atoms with Gasteiger partial charge in [0.05, 0.1) is 29.3 Å². The Balaban J connectivity index is 1.60. The van der Waals surface area contributed by atoms with Gasteiger partial charge in [-0.2, -0.15) is 5.10 Å². The first kappa shape index (κ1) is 20.1. The predicted molar refractivity (Wildman–Crippen MR) is 117 cm³/mol. The SMILES string of the molecule is CCOc1c(F)c(SC)c(-c2ccc3nc(NC(=O)C4CC4F)sc3n2)c2cn[nH]c12. The van der Waals surface area contributed by atoms with E-state index < -0.39 is 17.9 Å². The van der Waals surface area contributed by atoms with Crippen molar-refractivity contribution in [3.05, 3.63) is 24.1 Å². The van der Waals surface area contributed by atoms with Crippen molar-refractivity contribution in [2.75, 3.05) is 18.2 Å². The zero-order valence-corrected chi connectivity index (χ0v) is 18.2. The number of hydrogen-bond donors (Lipinski definition) is 2. The summed E-state index contributed by atoms with van der Waals surface area (Å²) in [4.78, 5) is 22.0. The number of hydrogen-bond acceptors (Lipinski definition) is 7. The fraction of sp³-hybridized carbons (Fsp3) is 0.300. The van der Waals surface area contributed by atoms with Gasteiger partial charge in [0.15, 0.2) is 16.7 Å². The molecule has 31 heavy (non-hydrogen) atoms. The fourth-order valence-electron chi connectivity index (χ4n) is 3.46. The van der Waals surface area contributed by atoms with Crippen molar-refractivity contribution in [3.8, 4) is 17.0 Å². The summed E-state index contributed by atoms with van der Waals surface area (Å²) in [6.07, 6.45) is 2.59. The van der Waals surface area contributed by atoms with Crippen LogP contribution in [0.3, 0.4) is 0 Å². The lowest BCUT2D eigenvalue weighted by Crippen LogP contribution is -2.14. The molecule has 1 aliphatic rings. The van der Waals surface area contributed by atoms with E-state index >= 15 is 4.39 Å². The Kier molecular flexibility index (Phi) is 5.01. The highest BCUT2D eigenvalue weighted by atomic mass is 32.2. The van der Waals surface area contributed by atoms with Crippen LogP contribution >= 0.6 is 23.1 Å². The van der Waals surface area contributed by atoms with Crippen LogP contribution in [0, 0.1) is 11.7 Å². The Morgan fingerprint density at radius 2 is 2.23 bits per heavy atom. The second-order valence-electron chi connectivity index (χ2n) is 7.03. The number of nitrogens with one attached hydrogen (secondary N) is 2. The van der Waals surface area contributed by atoms with E-state index in [9.17, 15) is 9.18 Å². The molecule has 3 heterocycles. The molecule has 0 spiro atoms. The summed E-state index contributed by atoms with van der Waals surface area (Å²) in [6, 6.07) is 3.52. The minimum Gasteiger partial charge on any atom is -0.489 e. The van der Waals surface area contributed by atoms with Gasteiger partial charge in [-0.25, -0.2) is 18.7 Å². The molecule has 0 bridgehead atoms. The highest BCUT2D eigenvalue weighted by molar-refractivity contribution is 7.98. The minimum absolute atomic E-state index is 0.137. The Labute approximate surface area is 183 Å². The van der Waals surface area contributed by atoms with Gasteiger partial charge < -0.3 is 10.1 Å². The first-order valence-corrected chi connectivity index (χ1v) is 11.6. The lowest BCUT2D eigenvalue weighted by molar-refractivity contribution is -0.117. The van der Waals surface area contributed by atoms with Crippen molar-refractivity contribution >= 4 is 55.4 Å². The number of alkyl halides is 1. The number of thioether (sulfide) groups is 1. The monoisotopic (exact) mass is 461 g/mol. The van der Waals surface area contributed by atoms with Gasteiger partial charge in [-0.1, -0.05) is 11.3 Å². The van der Waals surface area contributed by atoms with Crippen LogP contribution in [0.25, 0.3) is 32.5 Å². The number of ether oxygens (including phenoxy) is 1. The molecule has 11 heteroatoms. The molecule has 1 aliphatic carbocycles. The molecule has 0 saturated heterocycles. The van der Waals surface area contributed by atoms with E-state index in [-0.39, 0.29) is 18.1 Å². The summed E-state index contributed by atoms with van der Waals surface area (Å²) in [5.74, 6) is -1.30. The van der Waals surface area contributed by atoms with E-state index in [0.717, 1.165) is 0 Å². The maximum absolute atomic E-state index is 15.3. The first-order chi connectivity index (χ1) is 15.0. The maximum Gasteiger partial charge on any atom is 0.232 e. The summed E-state index contributed by atoms with van der Waals surface area (Å²) in [5.41, 5.74) is 2.22. The number of aromatic nitrogens is 4. The van der Waals surface area contributed by atoms with E-state index in [1.54, 1.807) is 31.5 Å². The van der Waals surface area contributed by atoms with Crippen LogP contribution in [0.4, 0.5) is 13.9 Å². The standard InChI is InChI=1S/C20H17F2N5O2S2/c1-3-29-16-14(22)17(30-2)13(9-7-23-27-15(9)16)11-4-5-12-19(24-11)31-20(25-12)26-18(28)8-6-10(8)21/h4-5,7-8,10H,3,6H2,1-2H3,(H,23,27)(H,25,26,28). The average molecular weight is 462 g/mol. The highest BCUT2D eigenvalue weighted by Gasteiger charge is 2.43. The molecule has 4 aromatic rings. The van der Waals surface area contributed by atoms with E-state index in [1.165, 1.54) is 23.1 Å². The molecule has 1 fully saturated rings. The highest BCUT2D eigenvalue weighted by Crippen LogP contribution is 2.43. The van der Waals surface area contributed by atoms with Crippen LogP contribution in [0.1, 0.15) is 13.3 Å². The Morgan fingerprint density at radius 3 is 2.94 bits per heavy atom. The molecule has 1 amide bonds. The molecular formula is C20H17F2N5O2S2. The Morgan fingerprint density at radius 1 is 1.42 bits per heavy atom. The number of carbonyl (C=O) groups is 1. The van der Waals surface area contributed by atoms with Crippen molar-refractivity contribution in [3.63, 3.8) is 0 Å². The molecule has 2 atom stereocenters. The van der Waals surface area contributed by atoms with Gasteiger partial charge in [-0.05, 0) is 31.7 Å². The smallest absolute Gasteiger partial charge is 0.232 e. The minimum atomic E-state index is -1.07. The molecule has 160 valence electrons. The number of anilines is 1. The van der Waals surface area contributed by atoms with Gasteiger partial charge in [-0.3, -0.25) is 9.89 Å². The molecule has 2 N–H and O–H groups in total. The van der Waals surface area contributed by atoms with Crippen molar-refractivity contribution < 1.29 is 18.3 Å². The quantitative estimate of drug-likeness (QED) is 0.401. The van der Waals surface area contributed by atoms with Crippen LogP contribution in [0.5, 0.6) is 5.75 Å². The number of thiazole rings is 1. The number of fused-ring (bicyclic) bond motifs is 2. The maximum atomic E-state index is 15.3. The summed E-state index contributed by atoms with van der Waals surface area (Å²) in [6.45, 7) is 2.11. The van der Waals surface area contributed by atoms with E-state index in [0.29, 0.717) is 49.1 Å². The fourth-order valence-corrected chi connectivity index (χ4v) is 4.99. The lowest BCUT2D eigenvalue weighted by Gasteiger charge is -2.14. The van der Waals surface area contributed by atoms with Gasteiger partial charge in [0.2, 0.25) is 5.91 Å². The van der Waals surface area contributed by atoms with Gasteiger partial charge in [-0.15, -0.1) is 11.8 Å². The molecular weight excluding hydrogens is 444 g/mol. The van der Waals surface area contributed by atoms with E-state index in [1.807, 2.05) is 0 Å². The Hall–Kier alpha value is -2.79. The molecule has 7 nitrogen and oxygen atoms in total. The summed E-state index contributed by atoms with van der Waals surface area (Å²) in [5, 5.41) is 10.6. The molecule has 0 radical (unpaired) electrons. The van der Waals surface area contributed by atoms with Crippen LogP contribution in [-0.2, 0) is 4.79 Å². The molecule has 3 aromatic heterocycles. The number of aromatic amines is 1. The van der Waals surface area contributed by atoms with Gasteiger partial charge in [0.1, 0.15) is 22.0 Å². The van der Waals surface area contributed by atoms with Crippen molar-refractivity contribution in [1.82, 2.24) is 20.2 Å². The predicted octanol–water partition coefficient (Wildman–Crippen LogP) is 4.79. The van der Waals surface area contributed by atoms with Crippen molar-refractivity contribution in [2.24, 2.45) is 5.92 Å². The number of rotatable bonds is 6. The third-order valence-electron chi connectivity index (χ3n) is 5.05. The molecule has 2 unspecified atom stereocenters. The normalized spacial score (nSPS) is 17.9. The Bertz CT molecular complexity index is 1320. The second-order valence-corrected chi connectivity index (χ2v) is 8.82. The van der Waals surface area contributed by atoms with Crippen LogP contribution in [-0.4, -0.2) is 45.1 Å². The van der Waals surface area contributed by atoms with Crippen LogP contribution < -0.4 is 10.1 Å². The molecule has 1 aromatic carbocycles. The summed E-state index contributed by atoms with van der Waals surface area (Å²) >= 11 is 2.46. The van der Waals surface area contributed by atoms with Crippen LogP contribution in [0.2, 0.25) is 0 Å². The first-order valence-electron chi connectivity index (χ1n) is 9.60. The number of nitrogens with zero attached hydrogens (tertiary/aromatic N) is 3. The topological polar surface area (TPSA) is 92.8 Å². The second kappa shape index (κ2) is 7.72. The van der Waals surface area contributed by atoms with Gasteiger partial charge >= 0.3 is 0 Å². The number of halogens is 2. The molecule has 5 rings (SSSR count). The summed E-state index contributed by atoms with van der Waals surface area (Å²) in [7, 11) is 0. The third-order valence-corrected chi connectivity index (χ3v) is 6.72. The van der Waals surface area contributed by atoms with Crippen molar-refractivity contribution in [1.29, 1.82) is 0 Å². The van der Waals surface area contributed by atoms with E-state index in [4.69, 9.17) is 4.74 Å². The number of carbonyl (C=O) groups excluding carboxylic acids is 1. The summed E-state index contributed by atoms with van der Waals surface area (Å²) < 4.78 is 33.9. The van der Waals surface area contributed by atoms with Gasteiger partial charge in [0, 0.05) is 10.9 Å². The number of amides is 1. The zero-order chi connectivity index (χ0) is 21.7. The zero-order valence-electron chi connectivity index (χ0n) is 16.5. The average Bonchev–Trinajstić information content (AvgIpc) is 3.13. The number of pyridine rings is 1. The largest absolute Gasteiger partial charge is 0.489 e. The molecule has 0 aliphatic heterocycles. The number of benzene rings is 1. The van der Waals surface area contributed by atoms with Crippen LogP contribution in [0.15, 0.2) is 23.2 Å². The van der Waals surface area contributed by atoms with Crippen molar-refractivity contribution in [2.45, 2.75) is 24.4 Å². The van der Waals surface area contributed by atoms with E-state index in [2.05, 4.69) is 25.5 Å². The lowest BCUT2D eigenvalue weighted by atomic mass is 10.1. The van der Waals surface area contributed by atoms with Gasteiger partial charge in [0.25, 0.3) is 0 Å².